The summed E-state index contributed by atoms with van der Waals surface area (Å²) in [5, 5.41) is 12.6. The van der Waals surface area contributed by atoms with Gasteiger partial charge in [0.05, 0.1) is 17.7 Å². The van der Waals surface area contributed by atoms with Crippen LogP contribution in [0, 0.1) is 5.92 Å². The van der Waals surface area contributed by atoms with Crippen LogP contribution < -0.4 is 5.32 Å². The first kappa shape index (κ1) is 13.3. The fraction of sp³-hybridized carbons (Fsp3) is 0.278. The van der Waals surface area contributed by atoms with E-state index < -0.39 is 5.97 Å². The number of aromatic carboxylic acids is 1. The van der Waals surface area contributed by atoms with Crippen molar-refractivity contribution in [1.82, 2.24) is 0 Å². The first-order valence-corrected chi connectivity index (χ1v) is 7.54. The number of fused-ring (bicyclic) bond motifs is 3. The van der Waals surface area contributed by atoms with Crippen LogP contribution >= 0.6 is 0 Å². The van der Waals surface area contributed by atoms with E-state index in [0.717, 1.165) is 24.3 Å². The van der Waals surface area contributed by atoms with Gasteiger partial charge in [-0.05, 0) is 30.2 Å². The van der Waals surface area contributed by atoms with Gasteiger partial charge in [0.2, 0.25) is 0 Å². The molecule has 22 heavy (non-hydrogen) atoms. The van der Waals surface area contributed by atoms with Gasteiger partial charge < -0.3 is 15.2 Å². The highest BCUT2D eigenvalue weighted by Gasteiger charge is 2.41. The minimum Gasteiger partial charge on any atom is -0.478 e. The second-order valence-corrected chi connectivity index (χ2v) is 5.88. The first-order chi connectivity index (χ1) is 10.7. The Bertz CT molecular complexity index is 711. The maximum atomic E-state index is 11.0. The third kappa shape index (κ3) is 2.07. The van der Waals surface area contributed by atoms with Crippen LogP contribution in [0.5, 0.6) is 0 Å². The molecule has 2 aliphatic heterocycles. The van der Waals surface area contributed by atoms with E-state index in [2.05, 4.69) is 17.4 Å². The molecule has 3 atom stereocenters. The molecule has 0 aromatic heterocycles. The number of carboxylic acids is 1. The van der Waals surface area contributed by atoms with Gasteiger partial charge in [-0.1, -0.05) is 30.3 Å². The van der Waals surface area contributed by atoms with Crippen LogP contribution in [0.2, 0.25) is 0 Å². The Balaban J connectivity index is 1.71. The summed E-state index contributed by atoms with van der Waals surface area (Å²) in [6, 6.07) is 15.6. The molecule has 0 spiro atoms. The van der Waals surface area contributed by atoms with Crippen molar-refractivity contribution in [1.29, 1.82) is 0 Å². The van der Waals surface area contributed by atoms with Gasteiger partial charge in [-0.25, -0.2) is 4.79 Å². The maximum absolute atomic E-state index is 11.0. The lowest BCUT2D eigenvalue weighted by molar-refractivity contribution is 0.0696. The van der Waals surface area contributed by atoms with Crippen LogP contribution in [0.15, 0.2) is 48.5 Å². The lowest BCUT2D eigenvalue weighted by atomic mass is 9.81. The largest absolute Gasteiger partial charge is 0.478 e. The van der Waals surface area contributed by atoms with Crippen molar-refractivity contribution in [3.05, 3.63) is 65.2 Å². The van der Waals surface area contributed by atoms with E-state index in [9.17, 15) is 4.79 Å². The number of hydrogen-bond donors (Lipinski definition) is 2. The average Bonchev–Trinajstić information content (AvgIpc) is 3.04. The highest BCUT2D eigenvalue weighted by Crippen LogP contribution is 2.49. The smallest absolute Gasteiger partial charge is 0.335 e. The SMILES string of the molecule is O=C(O)c1ccc(C2Nc3ccccc3[C@H]3OCC[C@@H]23)cc1. The van der Waals surface area contributed by atoms with E-state index in [1.165, 1.54) is 5.56 Å². The monoisotopic (exact) mass is 295 g/mol. The van der Waals surface area contributed by atoms with Crippen LogP contribution in [0.4, 0.5) is 5.69 Å². The first-order valence-electron chi connectivity index (χ1n) is 7.54. The number of anilines is 1. The molecule has 4 heteroatoms. The molecule has 0 aliphatic carbocycles. The quantitative estimate of drug-likeness (QED) is 0.888. The molecule has 2 N–H and O–H groups in total. The predicted molar refractivity (Wildman–Crippen MR) is 83.0 cm³/mol. The van der Waals surface area contributed by atoms with Gasteiger partial charge >= 0.3 is 5.97 Å². The van der Waals surface area contributed by atoms with Crippen molar-refractivity contribution in [3.63, 3.8) is 0 Å². The Morgan fingerprint density at radius 1 is 1.14 bits per heavy atom. The van der Waals surface area contributed by atoms with E-state index in [-0.39, 0.29) is 12.1 Å². The molecule has 2 heterocycles. The number of ether oxygens (including phenoxy) is 1. The van der Waals surface area contributed by atoms with Crippen LogP contribution in [0.1, 0.15) is 40.1 Å². The summed E-state index contributed by atoms with van der Waals surface area (Å²) in [4.78, 5) is 11.0. The van der Waals surface area contributed by atoms with E-state index in [4.69, 9.17) is 9.84 Å². The Morgan fingerprint density at radius 3 is 2.68 bits per heavy atom. The summed E-state index contributed by atoms with van der Waals surface area (Å²) in [6.07, 6.45) is 1.14. The molecule has 0 radical (unpaired) electrons. The van der Waals surface area contributed by atoms with Crippen molar-refractivity contribution in [2.24, 2.45) is 5.92 Å². The molecule has 112 valence electrons. The second-order valence-electron chi connectivity index (χ2n) is 5.88. The molecular formula is C18H17NO3. The average molecular weight is 295 g/mol. The van der Waals surface area contributed by atoms with E-state index in [0.29, 0.717) is 11.5 Å². The number of carbonyl (C=O) groups is 1. The molecule has 2 aromatic carbocycles. The summed E-state index contributed by atoms with van der Waals surface area (Å²) in [5.74, 6) is -0.513. The third-order valence-electron chi connectivity index (χ3n) is 4.66. The normalized spacial score (nSPS) is 25.9. The molecule has 0 amide bonds. The van der Waals surface area contributed by atoms with Crippen molar-refractivity contribution in [3.8, 4) is 0 Å². The molecular weight excluding hydrogens is 278 g/mol. The van der Waals surface area contributed by atoms with Gasteiger partial charge in [-0.15, -0.1) is 0 Å². The highest BCUT2D eigenvalue weighted by molar-refractivity contribution is 5.87. The molecule has 0 bridgehead atoms. The summed E-state index contributed by atoms with van der Waals surface area (Å²) >= 11 is 0. The number of carboxylic acid groups (broad SMARTS) is 1. The molecule has 4 rings (SSSR count). The van der Waals surface area contributed by atoms with Crippen LogP contribution in [0.25, 0.3) is 0 Å². The van der Waals surface area contributed by atoms with Crippen LogP contribution in [-0.4, -0.2) is 17.7 Å². The Morgan fingerprint density at radius 2 is 1.91 bits per heavy atom. The minimum atomic E-state index is -0.893. The standard InChI is InChI=1S/C18H17NO3/c20-18(21)12-7-5-11(6-8-12)16-14-9-10-22-17(14)13-3-1-2-4-15(13)19-16/h1-8,14,16-17,19H,9-10H2,(H,20,21)/t14-,16?,17+/m0/s1. The van der Waals surface area contributed by atoms with E-state index >= 15 is 0 Å². The van der Waals surface area contributed by atoms with Gasteiger partial charge in [0, 0.05) is 23.8 Å². The molecule has 1 fully saturated rings. The lowest BCUT2D eigenvalue weighted by Crippen LogP contribution is -2.29. The second kappa shape index (κ2) is 5.14. The van der Waals surface area contributed by atoms with Crippen molar-refractivity contribution in [2.75, 3.05) is 11.9 Å². The summed E-state index contributed by atoms with van der Waals surface area (Å²) in [7, 11) is 0. The summed E-state index contributed by atoms with van der Waals surface area (Å²) in [5.41, 5.74) is 3.76. The fourth-order valence-electron chi connectivity index (χ4n) is 3.58. The Labute approximate surface area is 128 Å². The van der Waals surface area contributed by atoms with Gasteiger partial charge in [-0.2, -0.15) is 0 Å². The van der Waals surface area contributed by atoms with Crippen molar-refractivity contribution >= 4 is 11.7 Å². The zero-order chi connectivity index (χ0) is 15.1. The van der Waals surface area contributed by atoms with Crippen molar-refractivity contribution in [2.45, 2.75) is 18.6 Å². The molecule has 2 aromatic rings. The predicted octanol–water partition coefficient (Wildman–Crippen LogP) is 3.63. The van der Waals surface area contributed by atoms with Gasteiger partial charge in [-0.3, -0.25) is 0 Å². The zero-order valence-electron chi connectivity index (χ0n) is 12.0. The van der Waals surface area contributed by atoms with Gasteiger partial charge in [0.25, 0.3) is 0 Å². The lowest BCUT2D eigenvalue weighted by Gasteiger charge is -2.36. The Hall–Kier alpha value is -2.33. The topological polar surface area (TPSA) is 58.6 Å². The number of benzene rings is 2. The number of para-hydroxylation sites is 1. The highest BCUT2D eigenvalue weighted by atomic mass is 16.5. The number of nitrogens with one attached hydrogen (secondary N) is 1. The van der Waals surface area contributed by atoms with Crippen molar-refractivity contribution < 1.29 is 14.6 Å². The molecule has 0 saturated carbocycles. The van der Waals surface area contributed by atoms with Crippen LogP contribution in [0.3, 0.4) is 0 Å². The molecule has 1 unspecified atom stereocenters. The minimum absolute atomic E-state index is 0.126. The van der Waals surface area contributed by atoms with Crippen LogP contribution in [-0.2, 0) is 4.74 Å². The fourth-order valence-corrected chi connectivity index (χ4v) is 3.58. The number of rotatable bonds is 2. The van der Waals surface area contributed by atoms with Gasteiger partial charge in [0.1, 0.15) is 0 Å². The maximum Gasteiger partial charge on any atom is 0.335 e. The zero-order valence-corrected chi connectivity index (χ0v) is 12.0. The molecule has 2 aliphatic rings. The van der Waals surface area contributed by atoms with Gasteiger partial charge in [0.15, 0.2) is 0 Å². The molecule has 4 nitrogen and oxygen atoms in total. The molecule has 1 saturated heterocycles. The van der Waals surface area contributed by atoms with E-state index in [1.54, 1.807) is 12.1 Å². The summed E-state index contributed by atoms with van der Waals surface area (Å²) < 4.78 is 5.96. The van der Waals surface area contributed by atoms with E-state index in [1.807, 2.05) is 24.3 Å². The number of hydrogen-bond acceptors (Lipinski definition) is 3. The summed E-state index contributed by atoms with van der Waals surface area (Å²) in [6.45, 7) is 0.773. The Kier molecular flexibility index (Phi) is 3.12. The third-order valence-corrected chi connectivity index (χ3v) is 4.66.